The van der Waals surface area contributed by atoms with Crippen LogP contribution >= 0.6 is 15.9 Å². The van der Waals surface area contributed by atoms with Crippen molar-refractivity contribution in [3.05, 3.63) is 56.7 Å². The third-order valence-corrected chi connectivity index (χ3v) is 2.99. The maximum absolute atomic E-state index is 11.9. The van der Waals surface area contributed by atoms with E-state index in [4.69, 9.17) is 0 Å². The summed E-state index contributed by atoms with van der Waals surface area (Å²) in [5.74, 6) is -0.492. The largest absolute Gasteiger partial charge is 0.321 e. The quantitative estimate of drug-likeness (QED) is 0.892. The second-order valence-corrected chi connectivity index (χ2v) is 4.59. The molecule has 0 atom stereocenters. The van der Waals surface area contributed by atoms with Crippen LogP contribution in [0.1, 0.15) is 15.9 Å². The Labute approximate surface area is 111 Å². The average Bonchev–Trinajstić information content (AvgIpc) is 2.33. The molecule has 0 bridgehead atoms. The number of aromatic nitrogens is 2. The van der Waals surface area contributed by atoms with Crippen LogP contribution in [0.25, 0.3) is 0 Å². The summed E-state index contributed by atoms with van der Waals surface area (Å²) >= 11 is 3.35. The van der Waals surface area contributed by atoms with Crippen LogP contribution in [0.15, 0.2) is 40.0 Å². The highest BCUT2D eigenvalue weighted by Gasteiger charge is 2.11. The van der Waals surface area contributed by atoms with Gasteiger partial charge in [0.1, 0.15) is 5.56 Å². The van der Waals surface area contributed by atoms with Crippen LogP contribution in [0.5, 0.6) is 0 Å². The van der Waals surface area contributed by atoms with E-state index in [1.165, 1.54) is 12.5 Å². The Morgan fingerprint density at radius 3 is 2.89 bits per heavy atom. The van der Waals surface area contributed by atoms with E-state index in [0.717, 1.165) is 10.0 Å². The van der Waals surface area contributed by atoms with Gasteiger partial charge < -0.3 is 10.3 Å². The van der Waals surface area contributed by atoms with E-state index in [0.29, 0.717) is 5.69 Å². The first-order valence-electron chi connectivity index (χ1n) is 5.18. The van der Waals surface area contributed by atoms with E-state index in [1.807, 2.05) is 19.1 Å². The van der Waals surface area contributed by atoms with Gasteiger partial charge in [-0.15, -0.1) is 0 Å². The van der Waals surface area contributed by atoms with Crippen LogP contribution in [-0.2, 0) is 0 Å². The second-order valence-electron chi connectivity index (χ2n) is 3.73. The lowest BCUT2D eigenvalue weighted by Gasteiger charge is -2.07. The fraction of sp³-hybridized carbons (Fsp3) is 0.0833. The zero-order chi connectivity index (χ0) is 13.1. The summed E-state index contributed by atoms with van der Waals surface area (Å²) in [6, 6.07) is 5.51. The molecule has 0 saturated carbocycles. The molecule has 0 aliphatic rings. The first-order valence-corrected chi connectivity index (χ1v) is 5.97. The predicted octanol–water partition coefficient (Wildman–Crippen LogP) is 2.09. The standard InChI is InChI=1S/C12H10BrN3O2/c1-7-2-3-10(9(13)4-7)16-12(18)8-5-14-6-15-11(8)17/h2-6H,1H3,(H,16,18)(H,14,15,17). The minimum absolute atomic E-state index is 0.0232. The lowest BCUT2D eigenvalue weighted by Crippen LogP contribution is -2.23. The molecule has 0 aliphatic heterocycles. The van der Waals surface area contributed by atoms with Crippen molar-refractivity contribution in [2.75, 3.05) is 5.32 Å². The van der Waals surface area contributed by atoms with Gasteiger partial charge >= 0.3 is 0 Å². The van der Waals surface area contributed by atoms with Crippen LogP contribution < -0.4 is 10.9 Å². The molecular formula is C12H10BrN3O2. The third-order valence-electron chi connectivity index (χ3n) is 2.34. The minimum Gasteiger partial charge on any atom is -0.321 e. The number of halogens is 1. The summed E-state index contributed by atoms with van der Waals surface area (Å²) in [5, 5.41) is 2.65. The summed E-state index contributed by atoms with van der Waals surface area (Å²) in [5.41, 5.74) is 1.18. The molecule has 0 fully saturated rings. The van der Waals surface area contributed by atoms with Gasteiger partial charge in [-0.2, -0.15) is 0 Å². The number of hydrogen-bond acceptors (Lipinski definition) is 3. The Bertz CT molecular complexity index is 652. The van der Waals surface area contributed by atoms with E-state index < -0.39 is 11.5 Å². The highest BCUT2D eigenvalue weighted by atomic mass is 79.9. The number of nitrogens with one attached hydrogen (secondary N) is 2. The van der Waals surface area contributed by atoms with Crippen LogP contribution in [0.4, 0.5) is 5.69 Å². The number of benzene rings is 1. The molecule has 2 aromatic rings. The topological polar surface area (TPSA) is 74.8 Å². The molecule has 0 saturated heterocycles. The monoisotopic (exact) mass is 307 g/mol. The van der Waals surface area contributed by atoms with Gasteiger partial charge in [-0.25, -0.2) is 4.98 Å². The summed E-state index contributed by atoms with van der Waals surface area (Å²) < 4.78 is 0.760. The van der Waals surface area contributed by atoms with Gasteiger partial charge in [-0.3, -0.25) is 9.59 Å². The highest BCUT2D eigenvalue weighted by Crippen LogP contribution is 2.23. The molecule has 0 aliphatic carbocycles. The molecular weight excluding hydrogens is 298 g/mol. The molecule has 2 N–H and O–H groups in total. The molecule has 6 heteroatoms. The molecule has 5 nitrogen and oxygen atoms in total. The van der Waals surface area contributed by atoms with Gasteiger partial charge in [0, 0.05) is 10.7 Å². The van der Waals surface area contributed by atoms with Crippen molar-refractivity contribution in [1.29, 1.82) is 0 Å². The number of aryl methyl sites for hydroxylation is 1. The normalized spacial score (nSPS) is 10.1. The SMILES string of the molecule is Cc1ccc(NC(=O)c2cnc[nH]c2=O)c(Br)c1. The van der Waals surface area contributed by atoms with Crippen LogP contribution in [-0.4, -0.2) is 15.9 Å². The fourth-order valence-electron chi connectivity index (χ4n) is 1.42. The fourth-order valence-corrected chi connectivity index (χ4v) is 2.01. The molecule has 92 valence electrons. The number of rotatable bonds is 2. The molecule has 18 heavy (non-hydrogen) atoms. The molecule has 1 amide bonds. The van der Waals surface area contributed by atoms with Crippen molar-refractivity contribution in [3.63, 3.8) is 0 Å². The van der Waals surface area contributed by atoms with Gasteiger partial charge in [0.25, 0.3) is 11.5 Å². The summed E-state index contributed by atoms with van der Waals surface area (Å²) in [7, 11) is 0. The van der Waals surface area contributed by atoms with Crippen molar-refractivity contribution in [3.8, 4) is 0 Å². The molecule has 1 aromatic carbocycles. The first-order chi connectivity index (χ1) is 8.58. The van der Waals surface area contributed by atoms with Gasteiger partial charge in [-0.05, 0) is 40.5 Å². The minimum atomic E-state index is -0.492. The number of aromatic amines is 1. The zero-order valence-corrected chi connectivity index (χ0v) is 11.1. The number of H-pyrrole nitrogens is 1. The predicted molar refractivity (Wildman–Crippen MR) is 71.7 cm³/mol. The zero-order valence-electron chi connectivity index (χ0n) is 9.53. The van der Waals surface area contributed by atoms with Crippen LogP contribution in [0, 0.1) is 6.92 Å². The molecule has 2 rings (SSSR count). The van der Waals surface area contributed by atoms with E-state index in [-0.39, 0.29) is 5.56 Å². The first kappa shape index (κ1) is 12.5. The number of nitrogens with zero attached hydrogens (tertiary/aromatic N) is 1. The van der Waals surface area contributed by atoms with E-state index >= 15 is 0 Å². The summed E-state index contributed by atoms with van der Waals surface area (Å²) in [6.45, 7) is 1.95. The highest BCUT2D eigenvalue weighted by molar-refractivity contribution is 9.10. The third kappa shape index (κ3) is 2.65. The average molecular weight is 308 g/mol. The smallest absolute Gasteiger partial charge is 0.263 e. The number of amides is 1. The van der Waals surface area contributed by atoms with Crippen molar-refractivity contribution in [2.24, 2.45) is 0 Å². The Morgan fingerprint density at radius 1 is 1.44 bits per heavy atom. The van der Waals surface area contributed by atoms with Crippen LogP contribution in [0.3, 0.4) is 0 Å². The number of carbonyl (C=O) groups excluding carboxylic acids is 1. The Balaban J connectivity index is 2.27. The Kier molecular flexibility index (Phi) is 3.57. The van der Waals surface area contributed by atoms with Crippen molar-refractivity contribution >= 4 is 27.5 Å². The van der Waals surface area contributed by atoms with Crippen molar-refractivity contribution in [2.45, 2.75) is 6.92 Å². The van der Waals surface area contributed by atoms with E-state index in [9.17, 15) is 9.59 Å². The Morgan fingerprint density at radius 2 is 2.22 bits per heavy atom. The van der Waals surface area contributed by atoms with E-state index in [2.05, 4.69) is 31.2 Å². The molecule has 1 heterocycles. The molecule has 0 unspecified atom stereocenters. The summed E-state index contributed by atoms with van der Waals surface area (Å²) in [4.78, 5) is 29.4. The maximum atomic E-state index is 11.9. The van der Waals surface area contributed by atoms with Crippen molar-refractivity contribution < 1.29 is 4.79 Å². The molecule has 1 aromatic heterocycles. The van der Waals surface area contributed by atoms with E-state index in [1.54, 1.807) is 6.07 Å². The lowest BCUT2D eigenvalue weighted by atomic mass is 10.2. The second kappa shape index (κ2) is 5.14. The Hall–Kier alpha value is -1.95. The van der Waals surface area contributed by atoms with Gasteiger partial charge in [-0.1, -0.05) is 6.07 Å². The van der Waals surface area contributed by atoms with Crippen LogP contribution in [0.2, 0.25) is 0 Å². The van der Waals surface area contributed by atoms with Gasteiger partial charge in [0.05, 0.1) is 12.0 Å². The van der Waals surface area contributed by atoms with Gasteiger partial charge in [0.15, 0.2) is 0 Å². The lowest BCUT2D eigenvalue weighted by molar-refractivity contribution is 0.102. The van der Waals surface area contributed by atoms with Gasteiger partial charge in [0.2, 0.25) is 0 Å². The van der Waals surface area contributed by atoms with Crippen molar-refractivity contribution in [1.82, 2.24) is 9.97 Å². The molecule has 0 radical (unpaired) electrons. The molecule has 0 spiro atoms. The summed E-state index contributed by atoms with van der Waals surface area (Å²) in [6.07, 6.45) is 2.47. The number of anilines is 1. The maximum Gasteiger partial charge on any atom is 0.263 e. The number of hydrogen-bond donors (Lipinski definition) is 2. The number of carbonyl (C=O) groups is 1.